The molecule has 0 spiro atoms. The van der Waals surface area contributed by atoms with Gasteiger partial charge in [0.05, 0.1) is 10.4 Å². The first-order valence-corrected chi connectivity index (χ1v) is 14.6. The Kier molecular flexibility index (Phi) is 7.36. The molecule has 1 aromatic heterocycles. The van der Waals surface area contributed by atoms with Gasteiger partial charge in [0.25, 0.3) is 10.0 Å². The number of aromatic nitrogens is 2. The molecule has 0 atom stereocenters. The van der Waals surface area contributed by atoms with Crippen molar-refractivity contribution in [1.29, 1.82) is 0 Å². The molecule has 0 aliphatic heterocycles. The molecular formula is C29H31ClN4O2S. The van der Waals surface area contributed by atoms with E-state index in [2.05, 4.69) is 34.1 Å². The van der Waals surface area contributed by atoms with Crippen LogP contribution in [0, 0.1) is 6.92 Å². The highest BCUT2D eigenvalue weighted by Crippen LogP contribution is 2.32. The van der Waals surface area contributed by atoms with E-state index in [0.29, 0.717) is 22.7 Å². The Morgan fingerprint density at radius 1 is 1.00 bits per heavy atom. The molecule has 5 rings (SSSR count). The van der Waals surface area contributed by atoms with E-state index >= 15 is 0 Å². The van der Waals surface area contributed by atoms with Crippen LogP contribution in [0.5, 0.6) is 0 Å². The van der Waals surface area contributed by atoms with Gasteiger partial charge in [0, 0.05) is 28.3 Å². The van der Waals surface area contributed by atoms with Crippen LogP contribution in [0.25, 0.3) is 22.0 Å². The molecule has 1 fully saturated rings. The molecule has 1 aliphatic rings. The number of hydrogen-bond donors (Lipinski definition) is 2. The van der Waals surface area contributed by atoms with E-state index in [1.54, 1.807) is 18.2 Å². The number of halogens is 1. The second-order valence-electron chi connectivity index (χ2n) is 9.69. The smallest absolute Gasteiger partial charge is 0.261 e. The van der Waals surface area contributed by atoms with Crippen molar-refractivity contribution in [2.24, 2.45) is 0 Å². The first-order valence-electron chi connectivity index (χ1n) is 12.8. The number of hydrogen-bond acceptors (Lipinski definition) is 5. The number of aryl methyl sites for hydroxylation is 2. The van der Waals surface area contributed by atoms with Gasteiger partial charge in [0.15, 0.2) is 0 Å². The summed E-state index contributed by atoms with van der Waals surface area (Å²) in [5, 5.41) is 5.02. The summed E-state index contributed by atoms with van der Waals surface area (Å²) in [7, 11) is -3.71. The predicted molar refractivity (Wildman–Crippen MR) is 152 cm³/mol. The summed E-state index contributed by atoms with van der Waals surface area (Å²) < 4.78 is 28.2. The Labute approximate surface area is 223 Å². The van der Waals surface area contributed by atoms with Gasteiger partial charge in [-0.25, -0.2) is 18.4 Å². The summed E-state index contributed by atoms with van der Waals surface area (Å²) in [4.78, 5) is 9.66. The van der Waals surface area contributed by atoms with E-state index in [0.717, 1.165) is 39.6 Å². The lowest BCUT2D eigenvalue weighted by atomic mass is 9.95. The molecule has 0 bridgehead atoms. The van der Waals surface area contributed by atoms with Crippen molar-refractivity contribution >= 4 is 44.2 Å². The number of sulfonamides is 1. The van der Waals surface area contributed by atoms with Crippen molar-refractivity contribution in [2.45, 2.75) is 63.3 Å². The van der Waals surface area contributed by atoms with Gasteiger partial charge in [0.1, 0.15) is 0 Å². The van der Waals surface area contributed by atoms with E-state index in [-0.39, 0.29) is 4.90 Å². The fraction of sp³-hybridized carbons (Fsp3) is 0.310. The minimum atomic E-state index is -3.71. The number of nitrogens with one attached hydrogen (secondary N) is 2. The van der Waals surface area contributed by atoms with Gasteiger partial charge in [-0.1, -0.05) is 43.9 Å². The summed E-state index contributed by atoms with van der Waals surface area (Å²) in [6.45, 7) is 4.12. The fourth-order valence-electron chi connectivity index (χ4n) is 5.02. The molecule has 0 radical (unpaired) electrons. The molecule has 0 unspecified atom stereocenters. The van der Waals surface area contributed by atoms with Crippen LogP contribution < -0.4 is 10.0 Å². The third-order valence-corrected chi connectivity index (χ3v) is 8.64. The fourth-order valence-corrected chi connectivity index (χ4v) is 6.20. The van der Waals surface area contributed by atoms with Crippen LogP contribution in [-0.4, -0.2) is 24.4 Å². The normalized spacial score (nSPS) is 14.6. The number of benzene rings is 3. The average molecular weight is 535 g/mol. The molecule has 192 valence electrons. The maximum absolute atomic E-state index is 12.8. The Bertz CT molecular complexity index is 1530. The maximum Gasteiger partial charge on any atom is 0.261 e. The standard InChI is InChI=1S/C29H31ClN4O2S/c1-3-20-16-21(17-22-18-31-29(33-28(20)22)32-24-7-5-4-6-8-24)27-14-11-25(15-19(27)2)34-37(35,36)26-12-9-23(30)10-13-26/h9-18,24,34H,3-8H2,1-2H3,(H,31,32,33). The second kappa shape index (κ2) is 10.7. The van der Waals surface area contributed by atoms with E-state index in [1.807, 2.05) is 25.3 Å². The first-order chi connectivity index (χ1) is 17.8. The van der Waals surface area contributed by atoms with Crippen LogP contribution in [0.15, 0.2) is 65.7 Å². The van der Waals surface area contributed by atoms with E-state index in [4.69, 9.17) is 16.6 Å². The third kappa shape index (κ3) is 5.73. The monoisotopic (exact) mass is 534 g/mol. The number of anilines is 2. The minimum absolute atomic E-state index is 0.165. The van der Waals surface area contributed by atoms with Crippen LogP contribution >= 0.6 is 11.6 Å². The van der Waals surface area contributed by atoms with Crippen LogP contribution in [0.1, 0.15) is 50.2 Å². The maximum atomic E-state index is 12.8. The highest BCUT2D eigenvalue weighted by atomic mass is 35.5. The topological polar surface area (TPSA) is 84.0 Å². The third-order valence-electron chi connectivity index (χ3n) is 6.99. The number of rotatable bonds is 7. The van der Waals surface area contributed by atoms with E-state index in [1.165, 1.54) is 44.2 Å². The van der Waals surface area contributed by atoms with Crippen molar-refractivity contribution in [1.82, 2.24) is 9.97 Å². The zero-order valence-electron chi connectivity index (χ0n) is 21.1. The predicted octanol–water partition coefficient (Wildman–Crippen LogP) is 7.37. The van der Waals surface area contributed by atoms with Crippen molar-refractivity contribution in [2.75, 3.05) is 10.0 Å². The summed E-state index contributed by atoms with van der Waals surface area (Å²) in [6.07, 6.45) is 8.93. The molecule has 37 heavy (non-hydrogen) atoms. The molecule has 1 saturated carbocycles. The largest absolute Gasteiger partial charge is 0.351 e. The lowest BCUT2D eigenvalue weighted by Crippen LogP contribution is -2.23. The average Bonchev–Trinajstić information content (AvgIpc) is 2.89. The summed E-state index contributed by atoms with van der Waals surface area (Å²) in [6, 6.07) is 16.5. The molecule has 1 heterocycles. The summed E-state index contributed by atoms with van der Waals surface area (Å²) >= 11 is 5.90. The summed E-state index contributed by atoms with van der Waals surface area (Å²) in [5.41, 5.74) is 5.71. The van der Waals surface area contributed by atoms with E-state index < -0.39 is 10.0 Å². The van der Waals surface area contributed by atoms with Gasteiger partial charge in [-0.3, -0.25) is 4.72 Å². The van der Waals surface area contributed by atoms with Gasteiger partial charge in [-0.05, 0) is 97.0 Å². The zero-order valence-corrected chi connectivity index (χ0v) is 22.7. The van der Waals surface area contributed by atoms with E-state index in [9.17, 15) is 8.42 Å². The van der Waals surface area contributed by atoms with Crippen LogP contribution in [0.2, 0.25) is 5.02 Å². The van der Waals surface area contributed by atoms with Crippen molar-refractivity contribution in [3.05, 3.63) is 76.9 Å². The minimum Gasteiger partial charge on any atom is -0.351 e. The Morgan fingerprint density at radius 2 is 1.76 bits per heavy atom. The Hall–Kier alpha value is -3.16. The molecule has 4 aromatic rings. The molecule has 2 N–H and O–H groups in total. The molecule has 8 heteroatoms. The highest BCUT2D eigenvalue weighted by Gasteiger charge is 2.17. The van der Waals surface area contributed by atoms with Crippen molar-refractivity contribution in [3.63, 3.8) is 0 Å². The van der Waals surface area contributed by atoms with Crippen LogP contribution in [-0.2, 0) is 16.4 Å². The van der Waals surface area contributed by atoms with Gasteiger partial charge in [-0.2, -0.15) is 0 Å². The van der Waals surface area contributed by atoms with Crippen molar-refractivity contribution < 1.29 is 8.42 Å². The first kappa shape index (κ1) is 25.5. The lowest BCUT2D eigenvalue weighted by Gasteiger charge is -2.22. The highest BCUT2D eigenvalue weighted by molar-refractivity contribution is 7.92. The molecule has 6 nitrogen and oxygen atoms in total. The number of nitrogens with zero attached hydrogens (tertiary/aromatic N) is 2. The quantitative estimate of drug-likeness (QED) is 0.258. The lowest BCUT2D eigenvalue weighted by molar-refractivity contribution is 0.461. The molecule has 3 aromatic carbocycles. The van der Waals surface area contributed by atoms with Gasteiger partial charge in [0.2, 0.25) is 5.95 Å². The molecule has 1 aliphatic carbocycles. The van der Waals surface area contributed by atoms with Crippen LogP contribution in [0.3, 0.4) is 0 Å². The van der Waals surface area contributed by atoms with Gasteiger partial charge in [-0.15, -0.1) is 0 Å². The van der Waals surface area contributed by atoms with Crippen LogP contribution in [0.4, 0.5) is 11.6 Å². The van der Waals surface area contributed by atoms with Gasteiger partial charge < -0.3 is 5.32 Å². The van der Waals surface area contributed by atoms with Crippen molar-refractivity contribution in [3.8, 4) is 11.1 Å². The molecular weight excluding hydrogens is 504 g/mol. The Balaban J connectivity index is 1.41. The Morgan fingerprint density at radius 3 is 2.46 bits per heavy atom. The second-order valence-corrected chi connectivity index (χ2v) is 11.8. The summed E-state index contributed by atoms with van der Waals surface area (Å²) in [5.74, 6) is 0.704. The van der Waals surface area contributed by atoms with Gasteiger partial charge >= 0.3 is 0 Å². The number of fused-ring (bicyclic) bond motifs is 1. The SMILES string of the molecule is CCc1cc(-c2ccc(NS(=O)(=O)c3ccc(Cl)cc3)cc2C)cc2cnc(NC3CCCCC3)nc12. The molecule has 0 amide bonds. The zero-order chi connectivity index (χ0) is 26.0. The molecule has 0 saturated heterocycles.